The second-order valence-corrected chi connectivity index (χ2v) is 6.17. The normalized spacial score (nSPS) is 11.2. The maximum Gasteiger partial charge on any atom is 0.216 e. The molecule has 0 saturated heterocycles. The lowest BCUT2D eigenvalue weighted by Gasteiger charge is -2.05. The van der Waals surface area contributed by atoms with Crippen LogP contribution in [0.3, 0.4) is 0 Å². The second kappa shape index (κ2) is 6.89. The maximum atomic E-state index is 5.54. The Labute approximate surface area is 143 Å². The van der Waals surface area contributed by atoms with Crippen molar-refractivity contribution in [2.45, 2.75) is 13.8 Å². The number of hydrogen-bond acceptors (Lipinski definition) is 5. The molecule has 3 rings (SSSR count). The van der Waals surface area contributed by atoms with Gasteiger partial charge >= 0.3 is 0 Å². The molecule has 3 aromatic rings. The van der Waals surface area contributed by atoms with Gasteiger partial charge in [0.2, 0.25) is 4.77 Å². The molecule has 1 aromatic carbocycles. The molecule has 23 heavy (non-hydrogen) atoms. The third kappa shape index (κ3) is 3.40. The molecule has 2 heterocycles. The summed E-state index contributed by atoms with van der Waals surface area (Å²) in [5, 5.41) is 13.6. The molecule has 0 aliphatic rings. The summed E-state index contributed by atoms with van der Waals surface area (Å²) in [6, 6.07) is 9.78. The molecular formula is C16H16N4OS2. The van der Waals surface area contributed by atoms with E-state index in [2.05, 4.69) is 28.3 Å². The Bertz CT molecular complexity index is 891. The zero-order valence-corrected chi connectivity index (χ0v) is 14.4. The minimum atomic E-state index is 0.451. The van der Waals surface area contributed by atoms with E-state index < -0.39 is 0 Å². The SMILES string of the molecule is CCOc1cccc(-c2n[nH]c(=S)n2/N=C/c2sccc2C)c1. The summed E-state index contributed by atoms with van der Waals surface area (Å²) in [7, 11) is 0. The Morgan fingerprint density at radius 3 is 3.04 bits per heavy atom. The number of benzene rings is 1. The van der Waals surface area contributed by atoms with Crippen LogP contribution in [0, 0.1) is 11.7 Å². The van der Waals surface area contributed by atoms with Crippen LogP contribution in [0.15, 0.2) is 40.8 Å². The summed E-state index contributed by atoms with van der Waals surface area (Å²) in [5.74, 6) is 1.45. The highest BCUT2D eigenvalue weighted by atomic mass is 32.1. The van der Waals surface area contributed by atoms with Crippen LogP contribution in [0.25, 0.3) is 11.4 Å². The Morgan fingerprint density at radius 2 is 2.30 bits per heavy atom. The molecule has 0 saturated carbocycles. The monoisotopic (exact) mass is 344 g/mol. The van der Waals surface area contributed by atoms with Gasteiger partial charge in [-0.1, -0.05) is 12.1 Å². The van der Waals surface area contributed by atoms with E-state index in [4.69, 9.17) is 17.0 Å². The second-order valence-electron chi connectivity index (χ2n) is 4.84. The Morgan fingerprint density at radius 1 is 1.43 bits per heavy atom. The van der Waals surface area contributed by atoms with Gasteiger partial charge in [-0.15, -0.1) is 11.3 Å². The summed E-state index contributed by atoms with van der Waals surface area (Å²) >= 11 is 6.93. The van der Waals surface area contributed by atoms with Crippen molar-refractivity contribution in [3.63, 3.8) is 0 Å². The third-order valence-corrected chi connectivity index (χ3v) is 4.46. The van der Waals surface area contributed by atoms with Gasteiger partial charge in [0.1, 0.15) is 5.75 Å². The van der Waals surface area contributed by atoms with Crippen molar-refractivity contribution in [3.05, 3.63) is 50.9 Å². The molecule has 0 aliphatic heterocycles. The molecule has 118 valence electrons. The Kier molecular flexibility index (Phi) is 4.68. The molecule has 1 N–H and O–H groups in total. The summed E-state index contributed by atoms with van der Waals surface area (Å²) in [6.07, 6.45) is 1.81. The van der Waals surface area contributed by atoms with Gasteiger partial charge in [0, 0.05) is 5.56 Å². The third-order valence-electron chi connectivity index (χ3n) is 3.25. The smallest absolute Gasteiger partial charge is 0.216 e. The number of aryl methyl sites for hydroxylation is 1. The summed E-state index contributed by atoms with van der Waals surface area (Å²) in [6.45, 7) is 4.63. The van der Waals surface area contributed by atoms with Crippen LogP contribution < -0.4 is 4.74 Å². The van der Waals surface area contributed by atoms with Crippen molar-refractivity contribution in [2.24, 2.45) is 5.10 Å². The first-order valence-electron chi connectivity index (χ1n) is 7.18. The Balaban J connectivity index is 1.99. The van der Waals surface area contributed by atoms with Gasteiger partial charge in [0.25, 0.3) is 0 Å². The van der Waals surface area contributed by atoms with E-state index in [-0.39, 0.29) is 0 Å². The van der Waals surface area contributed by atoms with Gasteiger partial charge < -0.3 is 4.74 Å². The fourth-order valence-corrected chi connectivity index (χ4v) is 3.06. The van der Waals surface area contributed by atoms with Gasteiger partial charge in [-0.2, -0.15) is 14.9 Å². The number of aromatic nitrogens is 3. The minimum Gasteiger partial charge on any atom is -0.494 e. The lowest BCUT2D eigenvalue weighted by atomic mass is 10.2. The van der Waals surface area contributed by atoms with E-state index in [1.54, 1.807) is 22.2 Å². The van der Waals surface area contributed by atoms with Crippen LogP contribution in [0.2, 0.25) is 0 Å². The highest BCUT2D eigenvalue weighted by Crippen LogP contribution is 2.23. The number of hydrogen-bond donors (Lipinski definition) is 1. The number of H-pyrrole nitrogens is 1. The maximum absolute atomic E-state index is 5.54. The standard InChI is InChI=1S/C16H16N4OS2/c1-3-21-13-6-4-5-12(9-13)15-18-19-16(22)20(15)17-10-14-11(2)7-8-23-14/h4-10H,3H2,1-2H3,(H,19,22)/b17-10+. The number of ether oxygens (including phenoxy) is 1. The van der Waals surface area contributed by atoms with E-state index in [9.17, 15) is 0 Å². The Hall–Kier alpha value is -2.25. The van der Waals surface area contributed by atoms with E-state index in [1.165, 1.54) is 5.56 Å². The van der Waals surface area contributed by atoms with Gasteiger partial charge in [-0.3, -0.25) is 0 Å². The molecule has 0 amide bonds. The molecule has 0 fully saturated rings. The van der Waals surface area contributed by atoms with Crippen LogP contribution >= 0.6 is 23.6 Å². The molecule has 2 aromatic heterocycles. The van der Waals surface area contributed by atoms with Gasteiger partial charge in [-0.05, 0) is 55.2 Å². The average molecular weight is 344 g/mol. The fraction of sp³-hybridized carbons (Fsp3) is 0.188. The molecule has 5 nitrogen and oxygen atoms in total. The largest absolute Gasteiger partial charge is 0.494 e. The summed E-state index contributed by atoms with van der Waals surface area (Å²) in [4.78, 5) is 1.10. The molecule has 0 atom stereocenters. The number of nitrogens with zero attached hydrogens (tertiary/aromatic N) is 3. The highest BCUT2D eigenvalue weighted by Gasteiger charge is 2.09. The highest BCUT2D eigenvalue weighted by molar-refractivity contribution is 7.71. The molecule has 0 aliphatic carbocycles. The van der Waals surface area contributed by atoms with Crippen LogP contribution in [0.5, 0.6) is 5.75 Å². The average Bonchev–Trinajstić information content (AvgIpc) is 3.12. The molecular weight excluding hydrogens is 328 g/mol. The topological polar surface area (TPSA) is 55.2 Å². The lowest BCUT2D eigenvalue weighted by Crippen LogP contribution is -1.96. The van der Waals surface area contributed by atoms with Gasteiger partial charge in [-0.25, -0.2) is 5.10 Å². The quantitative estimate of drug-likeness (QED) is 0.556. The molecule has 0 spiro atoms. The molecule has 0 bridgehead atoms. The minimum absolute atomic E-state index is 0.451. The van der Waals surface area contributed by atoms with Crippen LogP contribution in [0.4, 0.5) is 0 Å². The zero-order chi connectivity index (χ0) is 16.2. The van der Waals surface area contributed by atoms with E-state index in [0.29, 0.717) is 17.2 Å². The first-order chi connectivity index (χ1) is 11.2. The van der Waals surface area contributed by atoms with E-state index in [0.717, 1.165) is 16.2 Å². The fourth-order valence-electron chi connectivity index (χ4n) is 2.10. The van der Waals surface area contributed by atoms with E-state index in [1.807, 2.05) is 36.6 Å². The molecule has 0 radical (unpaired) electrons. The van der Waals surface area contributed by atoms with Crippen LogP contribution in [-0.2, 0) is 0 Å². The zero-order valence-electron chi connectivity index (χ0n) is 12.8. The number of rotatable bonds is 5. The van der Waals surface area contributed by atoms with Gasteiger partial charge in [0.15, 0.2) is 5.82 Å². The predicted molar refractivity (Wildman–Crippen MR) is 96.1 cm³/mol. The lowest BCUT2D eigenvalue weighted by molar-refractivity contribution is 0.340. The van der Waals surface area contributed by atoms with Crippen LogP contribution in [-0.4, -0.2) is 27.7 Å². The number of nitrogens with one attached hydrogen (secondary N) is 1. The van der Waals surface area contributed by atoms with Crippen molar-refractivity contribution >= 4 is 29.8 Å². The van der Waals surface area contributed by atoms with Crippen LogP contribution in [0.1, 0.15) is 17.4 Å². The summed E-state index contributed by atoms with van der Waals surface area (Å²) < 4.78 is 7.61. The van der Waals surface area contributed by atoms with Crippen molar-refractivity contribution in [1.29, 1.82) is 0 Å². The molecule has 7 heteroatoms. The van der Waals surface area contributed by atoms with E-state index >= 15 is 0 Å². The number of aromatic amines is 1. The van der Waals surface area contributed by atoms with Crippen molar-refractivity contribution < 1.29 is 4.74 Å². The van der Waals surface area contributed by atoms with Crippen molar-refractivity contribution in [1.82, 2.24) is 14.9 Å². The summed E-state index contributed by atoms with van der Waals surface area (Å²) in [5.41, 5.74) is 2.08. The molecule has 0 unspecified atom stereocenters. The number of thiophene rings is 1. The predicted octanol–water partition coefficient (Wildman–Crippen LogP) is 4.26. The van der Waals surface area contributed by atoms with Gasteiger partial charge in [0.05, 0.1) is 17.7 Å². The van der Waals surface area contributed by atoms with Crippen molar-refractivity contribution in [3.8, 4) is 17.1 Å². The first kappa shape index (κ1) is 15.6. The van der Waals surface area contributed by atoms with Crippen molar-refractivity contribution in [2.75, 3.05) is 6.61 Å². The first-order valence-corrected chi connectivity index (χ1v) is 8.47.